The largest absolute Gasteiger partial charge is 0.234 e. The lowest BCUT2D eigenvalue weighted by molar-refractivity contribution is 0.229. The minimum Gasteiger partial charge on any atom is -0.211 e. The molecule has 2 aliphatic carbocycles. The van der Waals surface area contributed by atoms with Crippen LogP contribution in [-0.4, -0.2) is 25.2 Å². The fourth-order valence-electron chi connectivity index (χ4n) is 4.68. The predicted octanol–water partition coefficient (Wildman–Crippen LogP) is 4.05. The van der Waals surface area contributed by atoms with Crippen molar-refractivity contribution in [3.63, 3.8) is 0 Å². The standard InChI is InChI=1S/C18H28N2O2/c21-13-19-8-4-1-2-6-15-10-18-12-17(15)11-16(18)7-3-5-9-20-14-22/h15-18H,1-12H2. The van der Waals surface area contributed by atoms with E-state index in [0.29, 0.717) is 13.1 Å². The van der Waals surface area contributed by atoms with Gasteiger partial charge < -0.3 is 0 Å². The molecule has 4 unspecified atom stereocenters. The molecule has 0 heterocycles. The van der Waals surface area contributed by atoms with Crippen LogP contribution in [0, 0.1) is 23.7 Å². The molecule has 122 valence electrons. The summed E-state index contributed by atoms with van der Waals surface area (Å²) in [6, 6.07) is 0. The van der Waals surface area contributed by atoms with Crippen LogP contribution in [-0.2, 0) is 9.59 Å². The molecule has 0 amide bonds. The van der Waals surface area contributed by atoms with Crippen molar-refractivity contribution in [2.24, 2.45) is 33.7 Å². The second kappa shape index (κ2) is 9.71. The van der Waals surface area contributed by atoms with E-state index in [1.807, 2.05) is 0 Å². The van der Waals surface area contributed by atoms with Crippen molar-refractivity contribution in [2.75, 3.05) is 13.1 Å². The van der Waals surface area contributed by atoms with Gasteiger partial charge in [-0.25, -0.2) is 19.6 Å². The zero-order valence-corrected chi connectivity index (χ0v) is 13.5. The molecule has 2 aliphatic rings. The molecule has 0 aromatic heterocycles. The SMILES string of the molecule is O=C=NCCCCCC1CC2CC1CC2CCCCN=C=O. The molecule has 22 heavy (non-hydrogen) atoms. The van der Waals surface area contributed by atoms with Gasteiger partial charge in [-0.2, -0.15) is 0 Å². The Kier molecular flexibility index (Phi) is 7.56. The normalized spacial score (nSPS) is 29.1. The summed E-state index contributed by atoms with van der Waals surface area (Å²) < 4.78 is 0. The summed E-state index contributed by atoms with van der Waals surface area (Å²) >= 11 is 0. The van der Waals surface area contributed by atoms with Crippen LogP contribution >= 0.6 is 0 Å². The van der Waals surface area contributed by atoms with E-state index in [4.69, 9.17) is 0 Å². The molecule has 0 spiro atoms. The quantitative estimate of drug-likeness (QED) is 0.328. The lowest BCUT2D eigenvalue weighted by atomic mass is 9.78. The second-order valence-corrected chi connectivity index (χ2v) is 7.04. The van der Waals surface area contributed by atoms with E-state index >= 15 is 0 Å². The Bertz CT molecular complexity index is 425. The van der Waals surface area contributed by atoms with E-state index in [0.717, 1.165) is 36.5 Å². The van der Waals surface area contributed by atoms with Gasteiger partial charge >= 0.3 is 0 Å². The lowest BCUT2D eigenvalue weighted by Gasteiger charge is -2.28. The number of carbonyl (C=O) groups excluding carboxylic acids is 2. The van der Waals surface area contributed by atoms with Crippen molar-refractivity contribution in [1.82, 2.24) is 0 Å². The van der Waals surface area contributed by atoms with Crippen LogP contribution in [0.1, 0.15) is 64.2 Å². The molecule has 0 N–H and O–H groups in total. The highest BCUT2D eigenvalue weighted by atomic mass is 16.1. The molecule has 2 saturated carbocycles. The molecule has 0 radical (unpaired) electrons. The van der Waals surface area contributed by atoms with E-state index < -0.39 is 0 Å². The maximum atomic E-state index is 10.0. The Morgan fingerprint density at radius 1 is 0.682 bits per heavy atom. The Morgan fingerprint density at radius 2 is 1.18 bits per heavy atom. The fourth-order valence-corrected chi connectivity index (χ4v) is 4.68. The molecule has 0 aromatic carbocycles. The average Bonchev–Trinajstić information content (AvgIpc) is 3.10. The maximum absolute atomic E-state index is 10.0. The first-order chi connectivity index (χ1) is 10.8. The van der Waals surface area contributed by atoms with E-state index in [1.54, 1.807) is 12.2 Å². The van der Waals surface area contributed by atoms with Crippen molar-refractivity contribution >= 4 is 12.2 Å². The molecule has 0 saturated heterocycles. The summed E-state index contributed by atoms with van der Waals surface area (Å²) in [7, 11) is 0. The Hall–Kier alpha value is -1.24. The third-order valence-electron chi connectivity index (χ3n) is 5.72. The van der Waals surface area contributed by atoms with Crippen molar-refractivity contribution in [1.29, 1.82) is 0 Å². The van der Waals surface area contributed by atoms with E-state index in [9.17, 15) is 9.59 Å². The number of nitrogens with zero attached hydrogens (tertiary/aromatic N) is 2. The molecule has 0 aliphatic heterocycles. The number of hydrogen-bond donors (Lipinski definition) is 0. The van der Waals surface area contributed by atoms with Crippen molar-refractivity contribution in [2.45, 2.75) is 64.2 Å². The molecule has 2 bridgehead atoms. The van der Waals surface area contributed by atoms with Gasteiger partial charge in [0.2, 0.25) is 12.2 Å². The summed E-state index contributed by atoms with van der Waals surface area (Å²) in [4.78, 5) is 27.2. The molecule has 0 aromatic rings. The van der Waals surface area contributed by atoms with Crippen molar-refractivity contribution < 1.29 is 9.59 Å². The van der Waals surface area contributed by atoms with Crippen LogP contribution in [0.5, 0.6) is 0 Å². The molecule has 2 rings (SSSR count). The first kappa shape index (κ1) is 17.1. The highest BCUT2D eigenvalue weighted by Crippen LogP contribution is 2.54. The molecule has 2 fully saturated rings. The molecular weight excluding hydrogens is 276 g/mol. The molecule has 4 nitrogen and oxygen atoms in total. The number of unbranched alkanes of at least 4 members (excludes halogenated alkanes) is 3. The Morgan fingerprint density at radius 3 is 1.68 bits per heavy atom. The minimum atomic E-state index is 0.649. The van der Waals surface area contributed by atoms with Crippen molar-refractivity contribution in [3.05, 3.63) is 0 Å². The number of hydrogen-bond acceptors (Lipinski definition) is 4. The molecule has 4 heteroatoms. The first-order valence-electron chi connectivity index (χ1n) is 8.92. The number of fused-ring (bicyclic) bond motifs is 2. The predicted molar refractivity (Wildman–Crippen MR) is 86.1 cm³/mol. The molecular formula is C18H28N2O2. The number of rotatable bonds is 11. The summed E-state index contributed by atoms with van der Waals surface area (Å²) in [6.07, 6.45) is 16.0. The van der Waals surface area contributed by atoms with Crippen molar-refractivity contribution in [3.8, 4) is 0 Å². The summed E-state index contributed by atoms with van der Waals surface area (Å²) in [5.41, 5.74) is 0. The van der Waals surface area contributed by atoms with Crippen LogP contribution in [0.2, 0.25) is 0 Å². The average molecular weight is 304 g/mol. The van der Waals surface area contributed by atoms with E-state index in [1.165, 1.54) is 51.4 Å². The summed E-state index contributed by atoms with van der Waals surface area (Å²) in [5.74, 6) is 3.82. The fraction of sp³-hybridized carbons (Fsp3) is 0.889. The van der Waals surface area contributed by atoms with Gasteiger partial charge in [0.15, 0.2) is 0 Å². The van der Waals surface area contributed by atoms with E-state index in [-0.39, 0.29) is 0 Å². The topological polar surface area (TPSA) is 58.9 Å². The third kappa shape index (κ3) is 5.19. The van der Waals surface area contributed by atoms with Gasteiger partial charge in [-0.3, -0.25) is 0 Å². The maximum Gasteiger partial charge on any atom is 0.234 e. The van der Waals surface area contributed by atoms with Crippen LogP contribution in [0.4, 0.5) is 0 Å². The van der Waals surface area contributed by atoms with Gasteiger partial charge in [0.25, 0.3) is 0 Å². The summed E-state index contributed by atoms with van der Waals surface area (Å²) in [5, 5.41) is 0. The van der Waals surface area contributed by atoms with Gasteiger partial charge in [0, 0.05) is 0 Å². The van der Waals surface area contributed by atoms with Gasteiger partial charge in [0.1, 0.15) is 0 Å². The van der Waals surface area contributed by atoms with Gasteiger partial charge in [-0.1, -0.05) is 32.1 Å². The lowest BCUT2D eigenvalue weighted by Crippen LogP contribution is -2.18. The van der Waals surface area contributed by atoms with Crippen LogP contribution in [0.25, 0.3) is 0 Å². The zero-order chi connectivity index (χ0) is 15.6. The van der Waals surface area contributed by atoms with Gasteiger partial charge in [-0.15, -0.1) is 0 Å². The smallest absolute Gasteiger partial charge is 0.211 e. The first-order valence-corrected chi connectivity index (χ1v) is 8.92. The zero-order valence-electron chi connectivity index (χ0n) is 13.5. The second-order valence-electron chi connectivity index (χ2n) is 7.04. The van der Waals surface area contributed by atoms with Crippen LogP contribution < -0.4 is 0 Å². The van der Waals surface area contributed by atoms with E-state index in [2.05, 4.69) is 9.98 Å². The van der Waals surface area contributed by atoms with Gasteiger partial charge in [0.05, 0.1) is 13.1 Å². The molecule has 4 atom stereocenters. The van der Waals surface area contributed by atoms with Crippen LogP contribution in [0.3, 0.4) is 0 Å². The number of isocyanates is 2. The highest BCUT2D eigenvalue weighted by Gasteiger charge is 2.44. The summed E-state index contributed by atoms with van der Waals surface area (Å²) in [6.45, 7) is 1.30. The number of aliphatic imine (C=N–C) groups is 2. The Labute approximate surface area is 133 Å². The monoisotopic (exact) mass is 304 g/mol. The third-order valence-corrected chi connectivity index (χ3v) is 5.72. The highest BCUT2D eigenvalue weighted by molar-refractivity contribution is 5.32. The van der Waals surface area contributed by atoms with Crippen LogP contribution in [0.15, 0.2) is 9.98 Å². The Balaban J connectivity index is 1.55. The van der Waals surface area contributed by atoms with Gasteiger partial charge in [-0.05, 0) is 55.8 Å². The minimum absolute atomic E-state index is 0.649.